The Balaban J connectivity index is 1.66. The lowest BCUT2D eigenvalue weighted by atomic mass is 10.1. The van der Waals surface area contributed by atoms with Crippen molar-refractivity contribution in [2.45, 2.75) is 20.1 Å². The molecule has 0 unspecified atom stereocenters. The number of fused-ring (bicyclic) bond motifs is 1. The Labute approximate surface area is 199 Å². The highest BCUT2D eigenvalue weighted by Crippen LogP contribution is 2.31. The molecule has 0 radical (unpaired) electrons. The average molecular weight is 487 g/mol. The summed E-state index contributed by atoms with van der Waals surface area (Å²) in [7, 11) is 1.41. The quantitative estimate of drug-likeness (QED) is 0.397. The zero-order chi connectivity index (χ0) is 24.2. The van der Waals surface area contributed by atoms with E-state index in [4.69, 9.17) is 21.1 Å². The molecule has 2 heterocycles. The summed E-state index contributed by atoms with van der Waals surface area (Å²) in [6.45, 7) is 1.77. The summed E-state index contributed by atoms with van der Waals surface area (Å²) >= 11 is 6.31. The summed E-state index contributed by atoms with van der Waals surface area (Å²) in [6, 6.07) is 9.67. The van der Waals surface area contributed by atoms with Gasteiger partial charge in [0.25, 0.3) is 0 Å². The summed E-state index contributed by atoms with van der Waals surface area (Å²) in [6.07, 6.45) is 2.41. The monoisotopic (exact) mass is 486 g/mol. The number of hydrogen-bond donors (Lipinski definition) is 1. The number of pyridine rings is 1. The number of halogens is 3. The molecule has 4 rings (SSSR count). The molecule has 0 aliphatic rings. The molecule has 7 nitrogen and oxygen atoms in total. The highest BCUT2D eigenvalue weighted by atomic mass is 35.5. The van der Waals surface area contributed by atoms with Gasteiger partial charge in [0.1, 0.15) is 30.3 Å². The van der Waals surface area contributed by atoms with Crippen molar-refractivity contribution in [1.82, 2.24) is 20.1 Å². The van der Waals surface area contributed by atoms with Gasteiger partial charge < -0.3 is 14.8 Å². The van der Waals surface area contributed by atoms with Crippen molar-refractivity contribution in [3.8, 4) is 11.4 Å². The molecule has 0 atom stereocenters. The zero-order valence-electron chi connectivity index (χ0n) is 18.4. The molecular weight excluding hydrogens is 466 g/mol. The number of rotatable bonds is 8. The van der Waals surface area contributed by atoms with E-state index in [9.17, 15) is 13.6 Å². The van der Waals surface area contributed by atoms with E-state index in [0.29, 0.717) is 39.2 Å². The number of amides is 1. The van der Waals surface area contributed by atoms with E-state index in [1.807, 2.05) is 13.0 Å². The van der Waals surface area contributed by atoms with Gasteiger partial charge in [-0.05, 0) is 36.8 Å². The van der Waals surface area contributed by atoms with Crippen LogP contribution in [0.4, 0.5) is 8.78 Å². The lowest BCUT2D eigenvalue weighted by Crippen LogP contribution is -2.27. The topological polar surface area (TPSA) is 78.3 Å². The van der Waals surface area contributed by atoms with Gasteiger partial charge in [-0.15, -0.1) is 0 Å². The fraction of sp³-hybridized carbons (Fsp3) is 0.208. The second-order valence-corrected chi connectivity index (χ2v) is 7.97. The fourth-order valence-corrected chi connectivity index (χ4v) is 3.85. The highest BCUT2D eigenvalue weighted by molar-refractivity contribution is 6.31. The molecule has 10 heteroatoms. The van der Waals surface area contributed by atoms with Gasteiger partial charge in [-0.2, -0.15) is 5.10 Å². The van der Waals surface area contributed by atoms with Gasteiger partial charge in [0.05, 0.1) is 23.1 Å². The number of ether oxygens (including phenoxy) is 2. The van der Waals surface area contributed by atoms with Crippen molar-refractivity contribution in [2.24, 2.45) is 0 Å². The molecule has 0 spiro atoms. The normalized spacial score (nSPS) is 11.1. The molecule has 1 N–H and O–H groups in total. The number of carbonyl (C=O) groups excluding carboxylic acids is 1. The third-order valence-corrected chi connectivity index (χ3v) is 5.42. The van der Waals surface area contributed by atoms with E-state index < -0.39 is 11.6 Å². The number of benzene rings is 2. The average Bonchev–Trinajstić information content (AvgIpc) is 3.22. The van der Waals surface area contributed by atoms with E-state index in [-0.39, 0.29) is 30.7 Å². The number of nitrogens with zero attached hydrogens (tertiary/aromatic N) is 3. The van der Waals surface area contributed by atoms with Gasteiger partial charge in [-0.3, -0.25) is 4.79 Å². The number of aryl methyl sites for hydroxylation is 1. The molecule has 0 bridgehead atoms. The minimum atomic E-state index is -0.525. The van der Waals surface area contributed by atoms with Crippen LogP contribution in [0.2, 0.25) is 5.02 Å². The molecule has 2 aromatic heterocycles. The Hall–Kier alpha value is -3.56. The first-order valence-corrected chi connectivity index (χ1v) is 10.7. The summed E-state index contributed by atoms with van der Waals surface area (Å²) in [5.74, 6) is -0.856. The van der Waals surface area contributed by atoms with Crippen molar-refractivity contribution < 1.29 is 23.0 Å². The Morgan fingerprint density at radius 3 is 2.76 bits per heavy atom. The maximum absolute atomic E-state index is 14.0. The third-order valence-electron chi connectivity index (χ3n) is 5.08. The third kappa shape index (κ3) is 5.16. The van der Waals surface area contributed by atoms with E-state index in [1.165, 1.54) is 30.1 Å². The van der Waals surface area contributed by atoms with E-state index in [1.54, 1.807) is 18.2 Å². The second kappa shape index (κ2) is 10.1. The maximum atomic E-state index is 14.0. The fourth-order valence-electron chi connectivity index (χ4n) is 3.57. The molecule has 0 saturated carbocycles. The van der Waals surface area contributed by atoms with Crippen LogP contribution in [0.15, 0.2) is 48.8 Å². The molecule has 176 valence electrons. The number of carbonyl (C=O) groups is 1. The molecule has 34 heavy (non-hydrogen) atoms. The first-order chi connectivity index (χ1) is 16.4. The lowest BCUT2D eigenvalue weighted by molar-refractivity contribution is -0.124. The Bertz CT molecular complexity index is 1360. The molecule has 0 saturated heterocycles. The standard InChI is InChI=1S/C24H21ClF2N4O3/c1-14-6-21(31-11-17(27)10-29-31)18-4-3-5-22(24(18)30-14)34-12-19-15(7-16(26)8-20(19)25)9-28-23(32)13-33-2/h3-8,10-11H,9,12-13H2,1-2H3,(H,28,32). The Morgan fingerprint density at radius 1 is 1.21 bits per heavy atom. The number of aromatic nitrogens is 3. The minimum Gasteiger partial charge on any atom is -0.487 e. The molecule has 0 aliphatic heterocycles. The maximum Gasteiger partial charge on any atom is 0.246 e. The number of para-hydroxylation sites is 1. The summed E-state index contributed by atoms with van der Waals surface area (Å²) in [5.41, 5.74) is 2.90. The van der Waals surface area contributed by atoms with Crippen LogP contribution in [0.1, 0.15) is 16.8 Å². The van der Waals surface area contributed by atoms with Gasteiger partial charge in [0.15, 0.2) is 5.82 Å². The molecular formula is C24H21ClF2N4O3. The SMILES string of the molecule is COCC(=O)NCc1cc(F)cc(Cl)c1COc1cccc2c(-n3cc(F)cn3)cc(C)nc12. The van der Waals surface area contributed by atoms with Crippen molar-refractivity contribution in [3.05, 3.63) is 82.3 Å². The minimum absolute atomic E-state index is 0.00899. The lowest BCUT2D eigenvalue weighted by Gasteiger charge is -2.16. The van der Waals surface area contributed by atoms with Gasteiger partial charge in [0.2, 0.25) is 5.91 Å². The van der Waals surface area contributed by atoms with Crippen LogP contribution in [0.3, 0.4) is 0 Å². The molecule has 1 amide bonds. The molecule has 2 aromatic carbocycles. The summed E-state index contributed by atoms with van der Waals surface area (Å²) in [5, 5.41) is 7.60. The van der Waals surface area contributed by atoms with Crippen molar-refractivity contribution in [3.63, 3.8) is 0 Å². The van der Waals surface area contributed by atoms with Crippen LogP contribution < -0.4 is 10.1 Å². The van der Waals surface area contributed by atoms with Crippen LogP contribution >= 0.6 is 11.6 Å². The predicted octanol–water partition coefficient (Wildman–Crippen LogP) is 4.50. The Kier molecular flexibility index (Phi) is 7.04. The van der Waals surface area contributed by atoms with Crippen molar-refractivity contribution in [1.29, 1.82) is 0 Å². The first kappa shape index (κ1) is 23.6. The van der Waals surface area contributed by atoms with Gasteiger partial charge in [-0.1, -0.05) is 23.7 Å². The van der Waals surface area contributed by atoms with Crippen LogP contribution in [-0.2, 0) is 22.7 Å². The van der Waals surface area contributed by atoms with Gasteiger partial charge in [-0.25, -0.2) is 18.4 Å². The van der Waals surface area contributed by atoms with Crippen LogP contribution in [0.5, 0.6) is 5.75 Å². The first-order valence-electron chi connectivity index (χ1n) is 10.3. The molecule has 0 aliphatic carbocycles. The summed E-state index contributed by atoms with van der Waals surface area (Å²) < 4.78 is 39.9. The zero-order valence-corrected chi connectivity index (χ0v) is 19.2. The summed E-state index contributed by atoms with van der Waals surface area (Å²) in [4.78, 5) is 16.4. The highest BCUT2D eigenvalue weighted by Gasteiger charge is 2.15. The van der Waals surface area contributed by atoms with E-state index >= 15 is 0 Å². The van der Waals surface area contributed by atoms with Crippen molar-refractivity contribution >= 4 is 28.4 Å². The van der Waals surface area contributed by atoms with Crippen molar-refractivity contribution in [2.75, 3.05) is 13.7 Å². The molecule has 4 aromatic rings. The number of nitrogens with one attached hydrogen (secondary N) is 1. The Morgan fingerprint density at radius 2 is 2.03 bits per heavy atom. The largest absolute Gasteiger partial charge is 0.487 e. The van der Waals surface area contributed by atoms with Gasteiger partial charge >= 0.3 is 0 Å². The van der Waals surface area contributed by atoms with Crippen LogP contribution in [0, 0.1) is 18.6 Å². The molecule has 0 fully saturated rings. The van der Waals surface area contributed by atoms with Gasteiger partial charge in [0, 0.05) is 30.3 Å². The van der Waals surface area contributed by atoms with Crippen LogP contribution in [-0.4, -0.2) is 34.4 Å². The van der Waals surface area contributed by atoms with E-state index in [2.05, 4.69) is 15.4 Å². The number of hydrogen-bond acceptors (Lipinski definition) is 5. The van der Waals surface area contributed by atoms with E-state index in [0.717, 1.165) is 6.20 Å². The van der Waals surface area contributed by atoms with Crippen LogP contribution in [0.25, 0.3) is 16.6 Å². The second-order valence-electron chi connectivity index (χ2n) is 7.56. The number of methoxy groups -OCH3 is 1. The predicted molar refractivity (Wildman–Crippen MR) is 123 cm³/mol. The smallest absolute Gasteiger partial charge is 0.246 e.